The first-order valence-electron chi connectivity index (χ1n) is 5.24. The Morgan fingerprint density at radius 1 is 1.23 bits per heavy atom. The molecule has 2 aliphatic rings. The van der Waals surface area contributed by atoms with Crippen LogP contribution in [0.25, 0.3) is 0 Å². The van der Waals surface area contributed by atoms with Gasteiger partial charge in [-0.25, -0.2) is 8.51 Å². The van der Waals surface area contributed by atoms with Crippen molar-refractivity contribution in [3.05, 3.63) is 0 Å². The van der Waals surface area contributed by atoms with E-state index in [-0.39, 0.29) is 0 Å². The Balaban J connectivity index is 1.85. The van der Waals surface area contributed by atoms with Crippen molar-refractivity contribution in [1.82, 2.24) is 4.31 Å². The normalized spacial score (nSPS) is 31.5. The fraction of sp³-hybridized carbons (Fsp3) is 1.00. The van der Waals surface area contributed by atoms with Crippen LogP contribution < -0.4 is 0 Å². The Hall–Kier alpha value is 0.110. The van der Waals surface area contributed by atoms with Crippen molar-refractivity contribution in [2.24, 2.45) is 5.41 Å². The molecule has 0 aromatic heterocycles. The predicted octanol–water partition coefficient (Wildman–Crippen LogP) is 1.93. The van der Waals surface area contributed by atoms with Crippen LogP contribution in [0, 0.1) is 5.41 Å². The number of hydrogen-bond donors (Lipinski definition) is 0. The van der Waals surface area contributed by atoms with Gasteiger partial charge in [0.2, 0.25) is 0 Å². The molecule has 1 saturated carbocycles. The van der Waals surface area contributed by atoms with Crippen LogP contribution in [-0.4, -0.2) is 26.9 Å². The van der Waals surface area contributed by atoms with Crippen LogP contribution in [-0.2, 0) is 11.0 Å². The second kappa shape index (κ2) is 3.35. The Labute approximate surface area is 83.3 Å². The largest absolute Gasteiger partial charge is 0.242 e. The first-order valence-corrected chi connectivity index (χ1v) is 6.41. The number of rotatable bonds is 2. The molecule has 2 fully saturated rings. The van der Waals surface area contributed by atoms with E-state index in [0.29, 0.717) is 10.7 Å². The molecule has 0 spiro atoms. The van der Waals surface area contributed by atoms with Crippen molar-refractivity contribution in [1.29, 1.82) is 0 Å². The molecule has 1 heterocycles. The summed E-state index contributed by atoms with van der Waals surface area (Å²) in [5.74, 6) is 0. The van der Waals surface area contributed by atoms with Crippen LogP contribution in [0.1, 0.15) is 39.5 Å². The summed E-state index contributed by atoms with van der Waals surface area (Å²) in [4.78, 5) is 0. The van der Waals surface area contributed by atoms with Gasteiger partial charge in [-0.15, -0.1) is 0 Å². The maximum atomic E-state index is 12.0. The standard InChI is InChI=1S/C10H19NOS/c1-10(2)7-11(8-10)13(12)9-5-3-4-6-9/h9H,3-8H2,1-2H3. The molecule has 2 nitrogen and oxygen atoms in total. The van der Waals surface area contributed by atoms with E-state index >= 15 is 0 Å². The van der Waals surface area contributed by atoms with Gasteiger partial charge in [0, 0.05) is 18.3 Å². The topological polar surface area (TPSA) is 20.3 Å². The maximum absolute atomic E-state index is 12.0. The first kappa shape index (κ1) is 9.66. The summed E-state index contributed by atoms with van der Waals surface area (Å²) in [5.41, 5.74) is 0.411. The van der Waals surface area contributed by atoms with Crippen LogP contribution in [0.5, 0.6) is 0 Å². The Morgan fingerprint density at radius 3 is 2.23 bits per heavy atom. The van der Waals surface area contributed by atoms with Crippen LogP contribution in [0.15, 0.2) is 0 Å². The summed E-state index contributed by atoms with van der Waals surface area (Å²) in [6, 6.07) is 0. The van der Waals surface area contributed by atoms with Gasteiger partial charge < -0.3 is 0 Å². The third-order valence-electron chi connectivity index (χ3n) is 3.05. The SMILES string of the molecule is CC1(C)CN(S(=O)C2CCCC2)C1. The zero-order chi connectivity index (χ0) is 9.47. The highest BCUT2D eigenvalue weighted by atomic mass is 32.2. The van der Waals surface area contributed by atoms with E-state index in [1.54, 1.807) is 0 Å². The molecule has 76 valence electrons. The second-order valence-corrected chi connectivity index (χ2v) is 6.88. The van der Waals surface area contributed by atoms with E-state index in [4.69, 9.17) is 0 Å². The predicted molar refractivity (Wildman–Crippen MR) is 55.8 cm³/mol. The molecule has 0 bridgehead atoms. The third kappa shape index (κ3) is 1.96. The molecule has 1 saturated heterocycles. The van der Waals surface area contributed by atoms with Crippen molar-refractivity contribution < 1.29 is 4.21 Å². The van der Waals surface area contributed by atoms with Gasteiger partial charge in [0.15, 0.2) is 0 Å². The molecule has 2 rings (SSSR count). The Morgan fingerprint density at radius 2 is 1.77 bits per heavy atom. The van der Waals surface area contributed by atoms with Gasteiger partial charge in [0.1, 0.15) is 0 Å². The molecule has 13 heavy (non-hydrogen) atoms. The summed E-state index contributed by atoms with van der Waals surface area (Å²) < 4.78 is 14.1. The third-order valence-corrected chi connectivity index (χ3v) is 4.86. The highest BCUT2D eigenvalue weighted by Gasteiger charge is 2.39. The van der Waals surface area contributed by atoms with E-state index in [9.17, 15) is 4.21 Å². The molecule has 0 aromatic carbocycles. The molecule has 0 radical (unpaired) electrons. The Kier molecular flexibility index (Phi) is 2.49. The van der Waals surface area contributed by atoms with Gasteiger partial charge in [0.05, 0.1) is 11.0 Å². The van der Waals surface area contributed by atoms with Crippen molar-refractivity contribution in [2.75, 3.05) is 13.1 Å². The van der Waals surface area contributed by atoms with Crippen molar-refractivity contribution >= 4 is 11.0 Å². The minimum absolute atomic E-state index is 0.411. The average Bonchev–Trinajstić information content (AvgIpc) is 2.50. The van der Waals surface area contributed by atoms with Gasteiger partial charge in [-0.1, -0.05) is 26.7 Å². The van der Waals surface area contributed by atoms with Crippen LogP contribution in [0.4, 0.5) is 0 Å². The number of nitrogens with zero attached hydrogens (tertiary/aromatic N) is 1. The van der Waals surface area contributed by atoms with Crippen LogP contribution in [0.2, 0.25) is 0 Å². The molecule has 1 unspecified atom stereocenters. The fourth-order valence-corrected chi connectivity index (χ4v) is 4.45. The van der Waals surface area contributed by atoms with E-state index < -0.39 is 11.0 Å². The lowest BCUT2D eigenvalue weighted by Gasteiger charge is -2.45. The van der Waals surface area contributed by atoms with E-state index in [0.717, 1.165) is 13.1 Å². The van der Waals surface area contributed by atoms with E-state index in [1.165, 1.54) is 25.7 Å². The molecule has 1 atom stereocenters. The summed E-state index contributed by atoms with van der Waals surface area (Å²) in [6.45, 7) is 6.54. The average molecular weight is 201 g/mol. The molecular formula is C10H19NOS. The van der Waals surface area contributed by atoms with Crippen LogP contribution >= 0.6 is 0 Å². The summed E-state index contributed by atoms with van der Waals surface area (Å²) >= 11 is 0. The van der Waals surface area contributed by atoms with Crippen LogP contribution in [0.3, 0.4) is 0 Å². The smallest absolute Gasteiger partial charge is 0.0974 e. The lowest BCUT2D eigenvalue weighted by atomic mass is 9.87. The zero-order valence-corrected chi connectivity index (χ0v) is 9.40. The first-order chi connectivity index (χ1) is 6.08. The lowest BCUT2D eigenvalue weighted by Crippen LogP contribution is -2.54. The minimum Gasteiger partial charge on any atom is -0.242 e. The zero-order valence-electron chi connectivity index (χ0n) is 8.58. The molecule has 1 aliphatic heterocycles. The van der Waals surface area contributed by atoms with E-state index in [2.05, 4.69) is 18.2 Å². The van der Waals surface area contributed by atoms with Crippen molar-refractivity contribution in [2.45, 2.75) is 44.8 Å². The minimum atomic E-state index is -0.667. The highest BCUT2D eigenvalue weighted by molar-refractivity contribution is 7.83. The van der Waals surface area contributed by atoms with Gasteiger partial charge in [0.25, 0.3) is 0 Å². The monoisotopic (exact) mass is 201 g/mol. The highest BCUT2D eigenvalue weighted by Crippen LogP contribution is 2.34. The van der Waals surface area contributed by atoms with Gasteiger partial charge in [-0.05, 0) is 18.3 Å². The molecule has 0 aromatic rings. The molecule has 0 N–H and O–H groups in total. The van der Waals surface area contributed by atoms with Gasteiger partial charge >= 0.3 is 0 Å². The summed E-state index contributed by atoms with van der Waals surface area (Å²) in [7, 11) is -0.667. The van der Waals surface area contributed by atoms with Crippen molar-refractivity contribution in [3.63, 3.8) is 0 Å². The molecule has 1 aliphatic carbocycles. The number of hydrogen-bond acceptors (Lipinski definition) is 1. The summed E-state index contributed by atoms with van der Waals surface area (Å²) in [6.07, 6.45) is 4.94. The van der Waals surface area contributed by atoms with Gasteiger partial charge in [-0.2, -0.15) is 0 Å². The fourth-order valence-electron chi connectivity index (χ4n) is 2.34. The quantitative estimate of drug-likeness (QED) is 0.668. The summed E-state index contributed by atoms with van der Waals surface area (Å²) in [5, 5.41) is 0.482. The van der Waals surface area contributed by atoms with Crippen molar-refractivity contribution in [3.8, 4) is 0 Å². The lowest BCUT2D eigenvalue weighted by molar-refractivity contribution is 0.116. The molecule has 0 amide bonds. The Bertz CT molecular complexity index is 213. The molecule has 3 heteroatoms. The molecular weight excluding hydrogens is 182 g/mol. The van der Waals surface area contributed by atoms with Gasteiger partial charge in [-0.3, -0.25) is 0 Å². The maximum Gasteiger partial charge on any atom is 0.0974 e. The van der Waals surface area contributed by atoms with E-state index in [1.807, 2.05) is 0 Å². The second-order valence-electron chi connectivity index (χ2n) is 5.14.